The van der Waals surface area contributed by atoms with Crippen molar-refractivity contribution in [1.29, 1.82) is 0 Å². The molecule has 0 spiro atoms. The summed E-state index contributed by atoms with van der Waals surface area (Å²) in [4.78, 5) is 4.62. The molecular formula is C18H28N6OS. The Morgan fingerprint density at radius 2 is 1.96 bits per heavy atom. The fourth-order valence-corrected chi connectivity index (χ4v) is 2.62. The molecule has 1 aromatic carbocycles. The largest absolute Gasteiger partial charge is 0.492 e. The van der Waals surface area contributed by atoms with E-state index in [1.54, 1.807) is 0 Å². The van der Waals surface area contributed by atoms with Crippen molar-refractivity contribution in [2.45, 2.75) is 19.9 Å². The van der Waals surface area contributed by atoms with Crippen LogP contribution in [-0.2, 0) is 13.6 Å². The monoisotopic (exact) mass is 376 g/mol. The van der Waals surface area contributed by atoms with Crippen molar-refractivity contribution in [3.05, 3.63) is 42.0 Å². The summed E-state index contributed by atoms with van der Waals surface area (Å²) >= 11 is 1.85. The number of ether oxygens (including phenoxy) is 1. The van der Waals surface area contributed by atoms with Crippen molar-refractivity contribution in [2.75, 3.05) is 31.7 Å². The van der Waals surface area contributed by atoms with Crippen LogP contribution in [0.1, 0.15) is 18.1 Å². The third kappa shape index (κ3) is 6.95. The van der Waals surface area contributed by atoms with Gasteiger partial charge in [-0.2, -0.15) is 11.8 Å². The molecule has 26 heavy (non-hydrogen) atoms. The average Bonchev–Trinajstić information content (AvgIpc) is 2.98. The molecule has 0 unspecified atom stereocenters. The maximum atomic E-state index is 5.71. The molecule has 1 aromatic heterocycles. The van der Waals surface area contributed by atoms with Crippen LogP contribution in [0, 0.1) is 6.92 Å². The number of aryl methyl sites for hydroxylation is 1. The molecule has 2 N–H and O–H groups in total. The van der Waals surface area contributed by atoms with Gasteiger partial charge < -0.3 is 19.9 Å². The lowest BCUT2D eigenvalue weighted by Crippen LogP contribution is -2.40. The normalized spacial score (nSPS) is 11.4. The highest BCUT2D eigenvalue weighted by Gasteiger charge is 2.05. The summed E-state index contributed by atoms with van der Waals surface area (Å²) in [6.45, 7) is 4.53. The number of aliphatic imine (C=N–C) groups is 1. The van der Waals surface area contributed by atoms with Gasteiger partial charge in [-0.25, -0.2) is 4.99 Å². The van der Waals surface area contributed by atoms with E-state index in [0.29, 0.717) is 19.7 Å². The van der Waals surface area contributed by atoms with Gasteiger partial charge >= 0.3 is 0 Å². The van der Waals surface area contributed by atoms with E-state index < -0.39 is 0 Å². The smallest absolute Gasteiger partial charge is 0.191 e. The third-order valence-electron chi connectivity index (χ3n) is 3.79. The van der Waals surface area contributed by atoms with Gasteiger partial charge in [-0.3, -0.25) is 0 Å². The molecule has 8 heteroatoms. The second-order valence-corrected chi connectivity index (χ2v) is 6.73. The maximum Gasteiger partial charge on any atom is 0.191 e. The van der Waals surface area contributed by atoms with Gasteiger partial charge in [0.25, 0.3) is 0 Å². The number of nitrogens with one attached hydrogen (secondary N) is 2. The summed E-state index contributed by atoms with van der Waals surface area (Å²) < 4.78 is 7.66. The van der Waals surface area contributed by atoms with Crippen LogP contribution in [0.2, 0.25) is 0 Å². The molecular weight excluding hydrogens is 348 g/mol. The number of hydrogen-bond donors (Lipinski definition) is 2. The molecule has 0 aliphatic rings. The van der Waals surface area contributed by atoms with E-state index in [0.717, 1.165) is 42.1 Å². The van der Waals surface area contributed by atoms with E-state index in [1.165, 1.54) is 0 Å². The van der Waals surface area contributed by atoms with Crippen molar-refractivity contribution >= 4 is 17.7 Å². The molecule has 1 heterocycles. The Morgan fingerprint density at radius 3 is 2.65 bits per heavy atom. The van der Waals surface area contributed by atoms with Crippen LogP contribution >= 0.6 is 11.8 Å². The fourth-order valence-electron chi connectivity index (χ4n) is 2.19. The molecule has 2 rings (SSSR count). The van der Waals surface area contributed by atoms with Gasteiger partial charge in [0.15, 0.2) is 11.8 Å². The zero-order chi connectivity index (χ0) is 18.6. The zero-order valence-corrected chi connectivity index (χ0v) is 16.6. The highest BCUT2D eigenvalue weighted by atomic mass is 32.2. The summed E-state index contributed by atoms with van der Waals surface area (Å²) in [6, 6.07) is 9.80. The molecule has 0 amide bonds. The number of thioether (sulfide) groups is 1. The van der Waals surface area contributed by atoms with Crippen LogP contribution in [0.25, 0.3) is 0 Å². The van der Waals surface area contributed by atoms with Crippen LogP contribution in [0.15, 0.2) is 35.3 Å². The Labute approximate surface area is 159 Å². The van der Waals surface area contributed by atoms with Crippen LogP contribution < -0.4 is 15.4 Å². The topological polar surface area (TPSA) is 76.4 Å². The minimum atomic E-state index is 0.481. The molecule has 0 saturated carbocycles. The standard InChI is InChI=1S/C18H28N6OS/c1-15-22-23-17(24(15)2)14-21-18(19-10-7-13-26-3)20-11-12-25-16-8-5-4-6-9-16/h4-6,8-9H,7,10-14H2,1-3H3,(H2,19,20,21). The second-order valence-electron chi connectivity index (χ2n) is 5.75. The number of benzene rings is 1. The van der Waals surface area contributed by atoms with Gasteiger partial charge in [0, 0.05) is 13.6 Å². The number of nitrogens with zero attached hydrogens (tertiary/aromatic N) is 4. The minimum absolute atomic E-state index is 0.481. The van der Waals surface area contributed by atoms with Crippen LogP contribution in [0.5, 0.6) is 5.75 Å². The summed E-state index contributed by atoms with van der Waals surface area (Å²) in [5.41, 5.74) is 0. The summed E-state index contributed by atoms with van der Waals surface area (Å²) in [7, 11) is 1.95. The van der Waals surface area contributed by atoms with Gasteiger partial charge in [-0.05, 0) is 37.5 Å². The van der Waals surface area contributed by atoms with Gasteiger partial charge in [-0.1, -0.05) is 18.2 Å². The molecule has 2 aromatic rings. The predicted octanol–water partition coefficient (Wildman–Crippen LogP) is 1.99. The van der Waals surface area contributed by atoms with E-state index in [9.17, 15) is 0 Å². The molecule has 142 valence electrons. The number of rotatable bonds is 10. The fraction of sp³-hybridized carbons (Fsp3) is 0.500. The number of guanidine groups is 1. The van der Waals surface area contributed by atoms with E-state index in [4.69, 9.17) is 4.74 Å². The molecule has 7 nitrogen and oxygen atoms in total. The van der Waals surface area contributed by atoms with Crippen molar-refractivity contribution in [1.82, 2.24) is 25.4 Å². The molecule has 0 fully saturated rings. The first-order chi connectivity index (χ1) is 12.7. The van der Waals surface area contributed by atoms with Gasteiger partial charge in [0.2, 0.25) is 0 Å². The Morgan fingerprint density at radius 1 is 1.19 bits per heavy atom. The van der Waals surface area contributed by atoms with Gasteiger partial charge in [0.05, 0.1) is 6.54 Å². The summed E-state index contributed by atoms with van der Waals surface area (Å²) in [5.74, 6) is 4.49. The highest BCUT2D eigenvalue weighted by molar-refractivity contribution is 7.98. The van der Waals surface area contributed by atoms with Gasteiger partial charge in [0.1, 0.15) is 24.7 Å². The van der Waals surface area contributed by atoms with E-state index in [-0.39, 0.29) is 0 Å². The lowest BCUT2D eigenvalue weighted by molar-refractivity contribution is 0.322. The molecule has 0 aliphatic carbocycles. The quantitative estimate of drug-likeness (QED) is 0.375. The lowest BCUT2D eigenvalue weighted by Gasteiger charge is -2.13. The second kappa shape index (κ2) is 11.4. The highest BCUT2D eigenvalue weighted by Crippen LogP contribution is 2.07. The van der Waals surface area contributed by atoms with Crippen molar-refractivity contribution in [3.63, 3.8) is 0 Å². The number of para-hydroxylation sites is 1. The Kier molecular flexibility index (Phi) is 8.82. The maximum absolute atomic E-state index is 5.71. The number of aromatic nitrogens is 3. The SMILES string of the molecule is CSCCCNC(=NCc1nnc(C)n1C)NCCOc1ccccc1. The van der Waals surface area contributed by atoms with Crippen LogP contribution in [0.4, 0.5) is 0 Å². The Hall–Kier alpha value is -2.22. The van der Waals surface area contributed by atoms with Crippen molar-refractivity contribution < 1.29 is 4.74 Å². The van der Waals surface area contributed by atoms with E-state index in [1.807, 2.05) is 60.6 Å². The minimum Gasteiger partial charge on any atom is -0.492 e. The first kappa shape index (κ1) is 20.1. The Bertz CT molecular complexity index is 674. The summed E-state index contributed by atoms with van der Waals surface area (Å²) in [5, 5.41) is 14.9. The third-order valence-corrected chi connectivity index (χ3v) is 4.48. The molecule has 0 saturated heterocycles. The Balaban J connectivity index is 1.83. The van der Waals surface area contributed by atoms with Crippen molar-refractivity contribution in [2.24, 2.45) is 12.0 Å². The first-order valence-corrected chi connectivity index (χ1v) is 10.1. The van der Waals surface area contributed by atoms with Crippen molar-refractivity contribution in [3.8, 4) is 5.75 Å². The van der Waals surface area contributed by atoms with Crippen LogP contribution in [0.3, 0.4) is 0 Å². The molecule has 0 aliphatic heterocycles. The van der Waals surface area contributed by atoms with E-state index >= 15 is 0 Å². The predicted molar refractivity (Wildman–Crippen MR) is 108 cm³/mol. The van der Waals surface area contributed by atoms with Crippen LogP contribution in [-0.4, -0.2) is 52.4 Å². The average molecular weight is 377 g/mol. The molecule has 0 bridgehead atoms. The first-order valence-electron chi connectivity index (χ1n) is 8.74. The molecule has 0 radical (unpaired) electrons. The molecule has 0 atom stereocenters. The summed E-state index contributed by atoms with van der Waals surface area (Å²) in [6.07, 6.45) is 3.20. The zero-order valence-electron chi connectivity index (χ0n) is 15.7. The van der Waals surface area contributed by atoms with Gasteiger partial charge in [-0.15, -0.1) is 10.2 Å². The van der Waals surface area contributed by atoms with E-state index in [2.05, 4.69) is 32.1 Å². The number of hydrogen-bond acceptors (Lipinski definition) is 5. The lowest BCUT2D eigenvalue weighted by atomic mass is 10.3.